The summed E-state index contributed by atoms with van der Waals surface area (Å²) in [5.41, 5.74) is 1.96. The minimum Gasteiger partial charge on any atom is -0.497 e. The number of fused-ring (bicyclic) bond motifs is 1. The molecular formula is C14H15NO4. The molecule has 2 unspecified atom stereocenters. The van der Waals surface area contributed by atoms with Crippen molar-refractivity contribution >= 4 is 16.9 Å². The number of ether oxygens (including phenoxy) is 3. The van der Waals surface area contributed by atoms with E-state index in [2.05, 4.69) is 4.98 Å². The molecule has 19 heavy (non-hydrogen) atoms. The standard InChI is InChI=1S/C14H15NO4/c1-3-18-14(16)13-12(19-13)10-7-15-11-5-4-8(17-2)6-9(10)11/h4-7,12-13,15H,3H2,1-2H3. The zero-order valence-electron chi connectivity index (χ0n) is 10.8. The van der Waals surface area contributed by atoms with Crippen LogP contribution in [-0.2, 0) is 14.3 Å². The van der Waals surface area contributed by atoms with Gasteiger partial charge in [-0.15, -0.1) is 0 Å². The summed E-state index contributed by atoms with van der Waals surface area (Å²) in [6, 6.07) is 5.77. The second-order valence-electron chi connectivity index (χ2n) is 4.38. The van der Waals surface area contributed by atoms with Crippen molar-refractivity contribution < 1.29 is 19.0 Å². The van der Waals surface area contributed by atoms with Gasteiger partial charge in [-0.1, -0.05) is 0 Å². The van der Waals surface area contributed by atoms with Crippen LogP contribution in [0, 0.1) is 0 Å². The van der Waals surface area contributed by atoms with Crippen molar-refractivity contribution in [2.45, 2.75) is 19.1 Å². The van der Waals surface area contributed by atoms with Crippen LogP contribution >= 0.6 is 0 Å². The van der Waals surface area contributed by atoms with Gasteiger partial charge in [-0.2, -0.15) is 0 Å². The van der Waals surface area contributed by atoms with E-state index >= 15 is 0 Å². The minimum atomic E-state index is -0.481. The van der Waals surface area contributed by atoms with Crippen LogP contribution in [-0.4, -0.2) is 30.8 Å². The smallest absolute Gasteiger partial charge is 0.338 e. The highest BCUT2D eigenvalue weighted by atomic mass is 16.6. The van der Waals surface area contributed by atoms with Gasteiger partial charge in [-0.05, 0) is 25.1 Å². The Hall–Kier alpha value is -2.01. The van der Waals surface area contributed by atoms with Crippen molar-refractivity contribution in [2.75, 3.05) is 13.7 Å². The number of methoxy groups -OCH3 is 1. The molecular weight excluding hydrogens is 246 g/mol. The number of esters is 1. The molecule has 1 aliphatic rings. The van der Waals surface area contributed by atoms with E-state index in [-0.39, 0.29) is 12.1 Å². The maximum absolute atomic E-state index is 11.6. The third-order valence-electron chi connectivity index (χ3n) is 3.24. The fraction of sp³-hybridized carbons (Fsp3) is 0.357. The zero-order chi connectivity index (χ0) is 13.4. The average Bonchev–Trinajstić information content (AvgIpc) is 3.11. The number of hydrogen-bond acceptors (Lipinski definition) is 4. The number of rotatable bonds is 4. The van der Waals surface area contributed by atoms with Gasteiger partial charge in [0.05, 0.1) is 13.7 Å². The number of hydrogen-bond donors (Lipinski definition) is 1. The molecule has 1 aromatic heterocycles. The van der Waals surface area contributed by atoms with Crippen molar-refractivity contribution in [1.29, 1.82) is 0 Å². The van der Waals surface area contributed by atoms with Crippen LogP contribution in [0.4, 0.5) is 0 Å². The highest BCUT2D eigenvalue weighted by Gasteiger charge is 2.48. The van der Waals surface area contributed by atoms with Crippen LogP contribution in [0.15, 0.2) is 24.4 Å². The van der Waals surface area contributed by atoms with E-state index in [1.165, 1.54) is 0 Å². The number of epoxide rings is 1. The molecule has 1 saturated heterocycles. The summed E-state index contributed by atoms with van der Waals surface area (Å²) in [7, 11) is 1.63. The maximum Gasteiger partial charge on any atom is 0.338 e. The van der Waals surface area contributed by atoms with Gasteiger partial charge >= 0.3 is 5.97 Å². The number of aromatic nitrogens is 1. The van der Waals surface area contributed by atoms with E-state index in [0.29, 0.717) is 6.61 Å². The number of carbonyl (C=O) groups is 1. The fourth-order valence-electron chi connectivity index (χ4n) is 2.24. The number of H-pyrrole nitrogens is 1. The Balaban J connectivity index is 1.88. The molecule has 0 amide bonds. The van der Waals surface area contributed by atoms with Crippen molar-refractivity contribution in [3.8, 4) is 5.75 Å². The summed E-state index contributed by atoms with van der Waals surface area (Å²) in [6.45, 7) is 2.15. The number of aromatic amines is 1. The second kappa shape index (κ2) is 4.59. The molecule has 1 fully saturated rings. The lowest BCUT2D eigenvalue weighted by molar-refractivity contribution is -0.144. The molecule has 0 bridgehead atoms. The van der Waals surface area contributed by atoms with Gasteiger partial charge in [-0.25, -0.2) is 4.79 Å². The van der Waals surface area contributed by atoms with Crippen molar-refractivity contribution in [1.82, 2.24) is 4.98 Å². The van der Waals surface area contributed by atoms with Gasteiger partial charge in [0.2, 0.25) is 0 Å². The van der Waals surface area contributed by atoms with Crippen LogP contribution in [0.5, 0.6) is 5.75 Å². The van der Waals surface area contributed by atoms with Gasteiger partial charge in [0, 0.05) is 22.7 Å². The molecule has 5 nitrogen and oxygen atoms in total. The highest BCUT2D eigenvalue weighted by molar-refractivity contribution is 5.87. The molecule has 2 atom stereocenters. The van der Waals surface area contributed by atoms with E-state index in [1.807, 2.05) is 24.4 Å². The first kappa shape index (κ1) is 12.0. The molecule has 1 aromatic carbocycles. The van der Waals surface area contributed by atoms with Gasteiger partial charge in [0.25, 0.3) is 0 Å². The Bertz CT molecular complexity index is 619. The van der Waals surface area contributed by atoms with Crippen molar-refractivity contribution in [3.05, 3.63) is 30.0 Å². The molecule has 2 aromatic rings. The third kappa shape index (κ3) is 2.06. The molecule has 0 spiro atoms. The molecule has 1 N–H and O–H groups in total. The maximum atomic E-state index is 11.6. The molecule has 100 valence electrons. The first-order valence-electron chi connectivity index (χ1n) is 6.21. The molecule has 1 aliphatic heterocycles. The van der Waals surface area contributed by atoms with Gasteiger partial charge in [0.1, 0.15) is 11.9 Å². The lowest BCUT2D eigenvalue weighted by atomic mass is 10.1. The fourth-order valence-corrected chi connectivity index (χ4v) is 2.24. The predicted octanol–water partition coefficient (Wildman–Crippen LogP) is 2.18. The average molecular weight is 261 g/mol. The molecule has 5 heteroatoms. The molecule has 2 heterocycles. The lowest BCUT2D eigenvalue weighted by Crippen LogP contribution is -2.11. The molecule has 0 radical (unpaired) electrons. The number of benzene rings is 1. The second-order valence-corrected chi connectivity index (χ2v) is 4.38. The summed E-state index contributed by atoms with van der Waals surface area (Å²) in [5, 5.41) is 1.01. The number of carbonyl (C=O) groups excluding carboxylic acids is 1. The topological polar surface area (TPSA) is 63.8 Å². The summed E-state index contributed by atoms with van der Waals surface area (Å²) in [5.74, 6) is 0.478. The van der Waals surface area contributed by atoms with E-state index in [4.69, 9.17) is 14.2 Å². The Morgan fingerprint density at radius 1 is 1.47 bits per heavy atom. The van der Waals surface area contributed by atoms with E-state index in [0.717, 1.165) is 22.2 Å². The highest BCUT2D eigenvalue weighted by Crippen LogP contribution is 2.43. The van der Waals surface area contributed by atoms with E-state index in [9.17, 15) is 4.79 Å². The Morgan fingerprint density at radius 2 is 2.32 bits per heavy atom. The summed E-state index contributed by atoms with van der Waals surface area (Å²) in [4.78, 5) is 14.8. The normalized spacial score (nSPS) is 21.4. The first-order chi connectivity index (χ1) is 9.24. The monoisotopic (exact) mass is 261 g/mol. The third-order valence-corrected chi connectivity index (χ3v) is 3.24. The largest absolute Gasteiger partial charge is 0.497 e. The summed E-state index contributed by atoms with van der Waals surface area (Å²) in [6.07, 6.45) is 1.17. The molecule has 0 aliphatic carbocycles. The SMILES string of the molecule is CCOC(=O)C1OC1c1c[nH]c2ccc(OC)cc12. The van der Waals surface area contributed by atoms with Crippen LogP contribution in [0.3, 0.4) is 0 Å². The minimum absolute atomic E-state index is 0.222. The first-order valence-corrected chi connectivity index (χ1v) is 6.21. The molecule has 3 rings (SSSR count). The van der Waals surface area contributed by atoms with Crippen LogP contribution < -0.4 is 4.74 Å². The van der Waals surface area contributed by atoms with Crippen LogP contribution in [0.25, 0.3) is 10.9 Å². The van der Waals surface area contributed by atoms with Crippen molar-refractivity contribution in [2.24, 2.45) is 0 Å². The van der Waals surface area contributed by atoms with Gasteiger partial charge in [-0.3, -0.25) is 0 Å². The number of nitrogens with one attached hydrogen (secondary N) is 1. The van der Waals surface area contributed by atoms with Crippen molar-refractivity contribution in [3.63, 3.8) is 0 Å². The van der Waals surface area contributed by atoms with Crippen LogP contribution in [0.2, 0.25) is 0 Å². The van der Waals surface area contributed by atoms with Crippen LogP contribution in [0.1, 0.15) is 18.6 Å². The summed E-state index contributed by atoms with van der Waals surface area (Å²) >= 11 is 0. The zero-order valence-corrected chi connectivity index (χ0v) is 10.8. The van der Waals surface area contributed by atoms with Gasteiger partial charge in [0.15, 0.2) is 6.10 Å². The Labute approximate surface area is 110 Å². The molecule has 0 saturated carbocycles. The van der Waals surface area contributed by atoms with Gasteiger partial charge < -0.3 is 19.2 Å². The Kier molecular flexibility index (Phi) is 2.91. The lowest BCUT2D eigenvalue weighted by Gasteiger charge is -2.00. The quantitative estimate of drug-likeness (QED) is 0.676. The Morgan fingerprint density at radius 3 is 3.05 bits per heavy atom. The predicted molar refractivity (Wildman–Crippen MR) is 69.1 cm³/mol. The van der Waals surface area contributed by atoms with E-state index in [1.54, 1.807) is 14.0 Å². The van der Waals surface area contributed by atoms with E-state index < -0.39 is 6.10 Å². The summed E-state index contributed by atoms with van der Waals surface area (Å²) < 4.78 is 15.6.